The number of hydrogen-bond donors (Lipinski definition) is 2. The van der Waals surface area contributed by atoms with Gasteiger partial charge in [0.25, 0.3) is 11.5 Å². The van der Waals surface area contributed by atoms with Crippen molar-refractivity contribution in [3.63, 3.8) is 0 Å². The number of rotatable bonds is 5. The van der Waals surface area contributed by atoms with E-state index < -0.39 is 32.9 Å². The molecule has 3 heterocycles. The number of morpholine rings is 1. The van der Waals surface area contributed by atoms with E-state index in [9.17, 15) is 28.5 Å². The molecule has 1 amide bonds. The predicted molar refractivity (Wildman–Crippen MR) is 143 cm³/mol. The molecule has 2 aliphatic rings. The van der Waals surface area contributed by atoms with Gasteiger partial charge in [0.2, 0.25) is 10.0 Å². The van der Waals surface area contributed by atoms with Gasteiger partial charge >= 0.3 is 0 Å². The summed E-state index contributed by atoms with van der Waals surface area (Å²) in [6.07, 6.45) is 0. The van der Waals surface area contributed by atoms with Crippen molar-refractivity contribution in [3.8, 4) is 29.0 Å². The monoisotopic (exact) mass is 559 g/mol. The number of amides is 1. The fourth-order valence-electron chi connectivity index (χ4n) is 4.47. The van der Waals surface area contributed by atoms with Crippen LogP contribution in [0, 0.1) is 22.7 Å². The minimum Gasteiger partial charge on any atom is -0.497 e. The van der Waals surface area contributed by atoms with Gasteiger partial charge in [0.1, 0.15) is 34.8 Å². The Bertz CT molecular complexity index is 1830. The minimum absolute atomic E-state index is 0.0155. The largest absolute Gasteiger partial charge is 0.497 e. The molecular weight excluding hydrogens is 538 g/mol. The highest BCUT2D eigenvalue weighted by atomic mass is 32.2. The van der Waals surface area contributed by atoms with Crippen LogP contribution in [0.4, 0.5) is 11.5 Å². The number of nitriles is 2. The molecule has 0 aliphatic carbocycles. The lowest BCUT2D eigenvalue weighted by Gasteiger charge is -2.26. The molecule has 2 aliphatic heterocycles. The first-order valence-corrected chi connectivity index (χ1v) is 13.3. The van der Waals surface area contributed by atoms with E-state index in [-0.39, 0.29) is 59.3 Å². The first kappa shape index (κ1) is 26.6. The van der Waals surface area contributed by atoms with Gasteiger partial charge in [-0.05, 0) is 35.9 Å². The highest BCUT2D eigenvalue weighted by Gasteiger charge is 2.32. The summed E-state index contributed by atoms with van der Waals surface area (Å²) >= 11 is 0. The molecule has 202 valence electrons. The molecule has 2 aromatic carbocycles. The third-order valence-corrected chi connectivity index (χ3v) is 8.40. The molecule has 0 bridgehead atoms. The number of methoxy groups -OCH3 is 1. The van der Waals surface area contributed by atoms with Gasteiger partial charge in [0.05, 0.1) is 30.9 Å². The summed E-state index contributed by atoms with van der Waals surface area (Å²) in [4.78, 5) is 26.2. The second-order valence-corrected chi connectivity index (χ2v) is 10.6. The number of nitrogens with one attached hydrogen (secondary N) is 1. The van der Waals surface area contributed by atoms with Crippen LogP contribution < -0.4 is 21.3 Å². The van der Waals surface area contributed by atoms with Gasteiger partial charge in [-0.25, -0.2) is 8.42 Å². The number of ether oxygens (including phenoxy) is 2. The zero-order valence-electron chi connectivity index (χ0n) is 21.0. The molecule has 40 heavy (non-hydrogen) atoms. The Morgan fingerprint density at radius 3 is 2.35 bits per heavy atom. The summed E-state index contributed by atoms with van der Waals surface area (Å²) in [5, 5.41) is 26.5. The number of nitrogens with zero attached hydrogens (tertiary/aromatic N) is 5. The standard InChI is InChI=1S/C26H21N7O6S/c1-38-16-4-2-15(3-5-16)22-19(13-27)24(29)33(26(35)20(22)14-28)31-23-18-12-17(6-7-21(18)30-25(23)34)40(36,37)32-8-10-39-11-9-32/h2-7,12H,8-11,29H2,1H3,(H,30,31,34). The summed E-state index contributed by atoms with van der Waals surface area (Å²) < 4.78 is 38.6. The van der Waals surface area contributed by atoms with Crippen molar-refractivity contribution >= 4 is 33.1 Å². The van der Waals surface area contributed by atoms with Crippen LogP contribution in [-0.4, -0.2) is 62.4 Å². The number of benzene rings is 2. The van der Waals surface area contributed by atoms with E-state index >= 15 is 0 Å². The average Bonchev–Trinajstić information content (AvgIpc) is 3.29. The summed E-state index contributed by atoms with van der Waals surface area (Å²) in [7, 11) is -2.43. The molecule has 13 nitrogen and oxygen atoms in total. The van der Waals surface area contributed by atoms with Gasteiger partial charge < -0.3 is 20.5 Å². The average molecular weight is 560 g/mol. The number of hydrogen-bond acceptors (Lipinski definition) is 10. The van der Waals surface area contributed by atoms with Gasteiger partial charge in [0.15, 0.2) is 5.71 Å². The molecule has 0 saturated carbocycles. The Balaban J connectivity index is 1.66. The summed E-state index contributed by atoms with van der Waals surface area (Å²) in [6.45, 7) is 0.873. The zero-order chi connectivity index (χ0) is 28.6. The van der Waals surface area contributed by atoms with Crippen LogP contribution in [0.2, 0.25) is 0 Å². The highest BCUT2D eigenvalue weighted by molar-refractivity contribution is 7.89. The Kier molecular flexibility index (Phi) is 6.83. The van der Waals surface area contributed by atoms with Crippen molar-refractivity contribution in [3.05, 3.63) is 69.5 Å². The van der Waals surface area contributed by atoms with Gasteiger partial charge in [0, 0.05) is 24.2 Å². The van der Waals surface area contributed by atoms with Crippen LogP contribution >= 0.6 is 0 Å². The van der Waals surface area contributed by atoms with Crippen molar-refractivity contribution < 1.29 is 22.7 Å². The van der Waals surface area contributed by atoms with E-state index in [0.717, 1.165) is 0 Å². The minimum atomic E-state index is -3.91. The first-order valence-electron chi connectivity index (χ1n) is 11.9. The Morgan fingerprint density at radius 2 is 1.73 bits per heavy atom. The van der Waals surface area contributed by atoms with Crippen molar-refractivity contribution in [2.45, 2.75) is 4.90 Å². The smallest absolute Gasteiger partial charge is 0.291 e. The van der Waals surface area contributed by atoms with Gasteiger partial charge in [-0.3, -0.25) is 9.59 Å². The van der Waals surface area contributed by atoms with Crippen molar-refractivity contribution in [2.24, 2.45) is 5.10 Å². The number of anilines is 2. The Morgan fingerprint density at radius 1 is 1.05 bits per heavy atom. The van der Waals surface area contributed by atoms with Gasteiger partial charge in [-0.1, -0.05) is 12.1 Å². The molecule has 1 aromatic heterocycles. The topological polar surface area (TPSA) is 193 Å². The number of aromatic nitrogens is 1. The fraction of sp³-hybridized carbons (Fsp3) is 0.192. The van der Waals surface area contributed by atoms with Crippen LogP contribution in [0.15, 0.2) is 57.3 Å². The fourth-order valence-corrected chi connectivity index (χ4v) is 5.91. The quantitative estimate of drug-likeness (QED) is 0.460. The third-order valence-electron chi connectivity index (χ3n) is 6.51. The number of fused-ring (bicyclic) bond motifs is 1. The van der Waals surface area contributed by atoms with Crippen molar-refractivity contribution in [1.82, 2.24) is 8.98 Å². The maximum Gasteiger partial charge on any atom is 0.291 e. The van der Waals surface area contributed by atoms with Crippen LogP contribution in [0.25, 0.3) is 11.1 Å². The summed E-state index contributed by atoms with van der Waals surface area (Å²) in [5.74, 6) is -0.601. The van der Waals surface area contributed by atoms with E-state index in [1.165, 1.54) is 29.6 Å². The van der Waals surface area contributed by atoms with Crippen molar-refractivity contribution in [2.75, 3.05) is 44.5 Å². The highest BCUT2D eigenvalue weighted by Crippen LogP contribution is 2.32. The molecule has 0 radical (unpaired) electrons. The number of carbonyl (C=O) groups is 1. The summed E-state index contributed by atoms with van der Waals surface area (Å²) in [6, 6.07) is 14.1. The zero-order valence-corrected chi connectivity index (χ0v) is 21.9. The molecule has 1 saturated heterocycles. The molecule has 3 N–H and O–H groups in total. The molecule has 1 fully saturated rings. The van der Waals surface area contributed by atoms with Crippen LogP contribution in [0.5, 0.6) is 5.75 Å². The Labute approximate surface area is 228 Å². The molecular formula is C26H21N7O6S. The molecule has 0 atom stereocenters. The second kappa shape index (κ2) is 10.3. The van der Waals surface area contributed by atoms with E-state index in [1.54, 1.807) is 24.3 Å². The molecule has 5 rings (SSSR count). The second-order valence-electron chi connectivity index (χ2n) is 8.71. The lowest BCUT2D eigenvalue weighted by molar-refractivity contribution is -0.110. The van der Waals surface area contributed by atoms with Crippen LogP contribution in [-0.2, 0) is 19.6 Å². The van der Waals surface area contributed by atoms with Gasteiger partial charge in [-0.2, -0.15) is 24.6 Å². The number of nitrogens with two attached hydrogens (primary N) is 1. The lowest BCUT2D eigenvalue weighted by Crippen LogP contribution is -2.40. The van der Waals surface area contributed by atoms with E-state index in [1.807, 2.05) is 12.1 Å². The molecule has 0 unspecified atom stereocenters. The van der Waals surface area contributed by atoms with Crippen LogP contribution in [0.1, 0.15) is 16.7 Å². The number of sulfonamides is 1. The van der Waals surface area contributed by atoms with Crippen LogP contribution in [0.3, 0.4) is 0 Å². The lowest BCUT2D eigenvalue weighted by atomic mass is 9.96. The molecule has 0 spiro atoms. The number of nitrogen functional groups attached to an aromatic ring is 1. The van der Waals surface area contributed by atoms with E-state index in [2.05, 4.69) is 10.4 Å². The molecule has 14 heteroatoms. The Hall–Kier alpha value is -5.02. The third kappa shape index (κ3) is 4.36. The van der Waals surface area contributed by atoms with E-state index in [0.29, 0.717) is 16.0 Å². The number of pyridine rings is 1. The predicted octanol–water partition coefficient (Wildman–Crippen LogP) is 1.07. The van der Waals surface area contributed by atoms with Crippen molar-refractivity contribution in [1.29, 1.82) is 10.5 Å². The van der Waals surface area contributed by atoms with Gasteiger partial charge in [-0.15, -0.1) is 0 Å². The summed E-state index contributed by atoms with van der Waals surface area (Å²) in [5.41, 5.74) is 5.09. The maximum absolute atomic E-state index is 13.4. The number of carbonyl (C=O) groups excluding carboxylic acids is 1. The normalized spacial score (nSPS) is 16.2. The maximum atomic E-state index is 13.4. The van der Waals surface area contributed by atoms with E-state index in [4.69, 9.17) is 15.2 Å². The first-order chi connectivity index (χ1) is 19.2. The molecule has 3 aromatic rings. The SMILES string of the molecule is COc1ccc(-c2c(C#N)c(N)n(N=C3C(=O)Nc4ccc(S(=O)(=O)N5CCOCC5)cc43)c(=O)c2C#N)cc1.